The number of halogens is 1. The number of benzene rings is 3. The highest BCUT2D eigenvalue weighted by molar-refractivity contribution is 9.10. The average Bonchev–Trinajstić information content (AvgIpc) is 2.97. The Balaban J connectivity index is 2.07. The summed E-state index contributed by atoms with van der Waals surface area (Å²) in [7, 11) is -3.02. The van der Waals surface area contributed by atoms with Gasteiger partial charge in [-0.25, -0.2) is 8.42 Å². The number of nitrogens with one attached hydrogen (secondary N) is 1. The second-order valence-electron chi connectivity index (χ2n) is 10.4. The molecule has 13 heteroatoms. The highest BCUT2D eigenvalue weighted by Crippen LogP contribution is 2.29. The molecule has 0 radical (unpaired) electrons. The van der Waals surface area contributed by atoms with Gasteiger partial charge in [-0.2, -0.15) is 0 Å². The topological polar surface area (TPSA) is 139 Å². The zero-order valence-corrected chi connectivity index (χ0v) is 27.0. The molecule has 0 saturated heterocycles. The van der Waals surface area contributed by atoms with Crippen molar-refractivity contribution < 1.29 is 27.7 Å². The standard InChI is InChI=1S/C30H35BrN4O7S/c1-20(2)17-32-30(37)22(4)33(18-23-7-9-24(31)10-8-23)29(36)19-34(25-11-13-26(42-5)14-12-25)43(40,41)27-15-6-21(3)28(16-27)35(38)39/h6-16,20,22H,17-19H2,1-5H3,(H,32,37)/t22-/m0/s1. The lowest BCUT2D eigenvalue weighted by Gasteiger charge is -2.32. The van der Waals surface area contributed by atoms with Gasteiger partial charge in [0.25, 0.3) is 15.7 Å². The van der Waals surface area contributed by atoms with Gasteiger partial charge in [0.15, 0.2) is 0 Å². The van der Waals surface area contributed by atoms with Crippen molar-refractivity contribution in [3.8, 4) is 5.75 Å². The highest BCUT2D eigenvalue weighted by Gasteiger charge is 2.33. The molecule has 1 N–H and O–H groups in total. The number of ether oxygens (including phenoxy) is 1. The molecule has 230 valence electrons. The van der Waals surface area contributed by atoms with Gasteiger partial charge in [0.05, 0.1) is 22.6 Å². The quantitative estimate of drug-likeness (QED) is 0.197. The predicted octanol–water partition coefficient (Wildman–Crippen LogP) is 5.06. The maximum Gasteiger partial charge on any atom is 0.273 e. The first-order valence-electron chi connectivity index (χ1n) is 13.5. The van der Waals surface area contributed by atoms with Crippen molar-refractivity contribution in [3.05, 3.63) is 92.4 Å². The SMILES string of the molecule is COc1ccc(N(CC(=O)N(Cc2ccc(Br)cc2)[C@@H](C)C(=O)NCC(C)C)S(=O)(=O)c2ccc(C)c([N+](=O)[O-])c2)cc1. The maximum atomic E-state index is 14.0. The minimum atomic E-state index is -4.49. The van der Waals surface area contributed by atoms with Gasteiger partial charge in [0.2, 0.25) is 11.8 Å². The summed E-state index contributed by atoms with van der Waals surface area (Å²) >= 11 is 3.39. The molecule has 0 fully saturated rings. The van der Waals surface area contributed by atoms with E-state index in [0.717, 1.165) is 20.4 Å². The zero-order chi connectivity index (χ0) is 31.9. The third-order valence-electron chi connectivity index (χ3n) is 6.72. The lowest BCUT2D eigenvalue weighted by Crippen LogP contribution is -2.51. The number of sulfonamides is 1. The molecule has 0 aromatic heterocycles. The number of nitrogens with zero attached hydrogens (tertiary/aromatic N) is 3. The maximum absolute atomic E-state index is 14.0. The van der Waals surface area contributed by atoms with Crippen LogP contribution in [0.4, 0.5) is 11.4 Å². The van der Waals surface area contributed by atoms with E-state index >= 15 is 0 Å². The van der Waals surface area contributed by atoms with Crippen LogP contribution < -0.4 is 14.4 Å². The number of hydrogen-bond donors (Lipinski definition) is 1. The summed E-state index contributed by atoms with van der Waals surface area (Å²) in [4.78, 5) is 39.0. The van der Waals surface area contributed by atoms with Crippen molar-refractivity contribution in [1.82, 2.24) is 10.2 Å². The van der Waals surface area contributed by atoms with E-state index in [0.29, 0.717) is 12.3 Å². The summed E-state index contributed by atoms with van der Waals surface area (Å²) in [6, 6.07) is 15.9. The van der Waals surface area contributed by atoms with E-state index in [1.54, 1.807) is 43.3 Å². The number of aryl methyl sites for hydroxylation is 1. The molecule has 0 bridgehead atoms. The number of nitro groups is 1. The Hall–Kier alpha value is -3.97. The fourth-order valence-corrected chi connectivity index (χ4v) is 5.87. The van der Waals surface area contributed by atoms with E-state index in [1.165, 1.54) is 43.2 Å². The number of anilines is 1. The van der Waals surface area contributed by atoms with Gasteiger partial charge in [-0.3, -0.25) is 24.0 Å². The third kappa shape index (κ3) is 8.54. The molecule has 43 heavy (non-hydrogen) atoms. The Morgan fingerprint density at radius 3 is 2.21 bits per heavy atom. The van der Waals surface area contributed by atoms with Crippen molar-refractivity contribution >= 4 is 49.1 Å². The Bertz CT molecular complexity index is 1560. The molecule has 0 saturated carbocycles. The molecule has 0 spiro atoms. The summed E-state index contributed by atoms with van der Waals surface area (Å²) in [5, 5.41) is 14.4. The second kappa shape index (κ2) is 14.5. The number of carbonyl (C=O) groups is 2. The minimum absolute atomic E-state index is 0.0366. The van der Waals surface area contributed by atoms with Gasteiger partial charge in [0.1, 0.15) is 18.3 Å². The summed E-state index contributed by atoms with van der Waals surface area (Å²) in [5.41, 5.74) is 0.790. The van der Waals surface area contributed by atoms with Crippen LogP contribution in [0.2, 0.25) is 0 Å². The number of methoxy groups -OCH3 is 1. The highest BCUT2D eigenvalue weighted by atomic mass is 79.9. The molecule has 3 aromatic carbocycles. The van der Waals surface area contributed by atoms with E-state index < -0.39 is 33.4 Å². The van der Waals surface area contributed by atoms with Crippen molar-refractivity contribution in [2.45, 2.75) is 45.2 Å². The Kier molecular flexibility index (Phi) is 11.3. The molecular formula is C30H35BrN4O7S. The van der Waals surface area contributed by atoms with Crippen LogP contribution in [0.5, 0.6) is 5.75 Å². The van der Waals surface area contributed by atoms with Gasteiger partial charge >= 0.3 is 0 Å². The first-order chi connectivity index (χ1) is 20.2. The summed E-state index contributed by atoms with van der Waals surface area (Å²) in [6.45, 7) is 6.75. The second-order valence-corrected chi connectivity index (χ2v) is 13.2. The minimum Gasteiger partial charge on any atom is -0.497 e. The Morgan fingerprint density at radius 1 is 1.02 bits per heavy atom. The third-order valence-corrected chi connectivity index (χ3v) is 9.02. The van der Waals surface area contributed by atoms with Crippen LogP contribution >= 0.6 is 15.9 Å². The predicted molar refractivity (Wildman–Crippen MR) is 167 cm³/mol. The molecule has 0 aliphatic heterocycles. The molecule has 3 rings (SSSR count). The van der Waals surface area contributed by atoms with Crippen molar-refractivity contribution in [3.63, 3.8) is 0 Å². The van der Waals surface area contributed by atoms with Crippen LogP contribution in [0.3, 0.4) is 0 Å². The Morgan fingerprint density at radius 2 is 1.65 bits per heavy atom. The van der Waals surface area contributed by atoms with Crippen LogP contribution in [0.25, 0.3) is 0 Å². The Labute approximate surface area is 260 Å². The summed E-state index contributed by atoms with van der Waals surface area (Å²) < 4.78 is 35.0. The van der Waals surface area contributed by atoms with E-state index in [2.05, 4.69) is 21.2 Å². The molecule has 0 aliphatic carbocycles. The number of amides is 2. The zero-order valence-electron chi connectivity index (χ0n) is 24.6. The average molecular weight is 676 g/mol. The van der Waals surface area contributed by atoms with E-state index in [1.807, 2.05) is 13.8 Å². The summed E-state index contributed by atoms with van der Waals surface area (Å²) in [5.74, 6) is -0.380. The van der Waals surface area contributed by atoms with Crippen molar-refractivity contribution in [1.29, 1.82) is 0 Å². The molecule has 0 unspecified atom stereocenters. The largest absolute Gasteiger partial charge is 0.497 e. The molecule has 0 aliphatic rings. The van der Waals surface area contributed by atoms with E-state index in [4.69, 9.17) is 4.74 Å². The molecule has 2 amide bonds. The van der Waals surface area contributed by atoms with Gasteiger partial charge in [-0.15, -0.1) is 0 Å². The van der Waals surface area contributed by atoms with Crippen LogP contribution in [0, 0.1) is 23.0 Å². The van der Waals surface area contributed by atoms with Crippen LogP contribution in [0.15, 0.2) is 76.1 Å². The van der Waals surface area contributed by atoms with Gasteiger partial charge in [-0.1, -0.05) is 48.0 Å². The van der Waals surface area contributed by atoms with Crippen molar-refractivity contribution in [2.75, 3.05) is 24.5 Å². The van der Waals surface area contributed by atoms with Crippen LogP contribution in [-0.2, 0) is 26.2 Å². The van der Waals surface area contributed by atoms with Crippen LogP contribution in [-0.4, -0.2) is 56.3 Å². The van der Waals surface area contributed by atoms with Gasteiger partial charge in [-0.05, 0) is 67.8 Å². The molecular weight excluding hydrogens is 640 g/mol. The molecule has 3 aromatic rings. The lowest BCUT2D eigenvalue weighted by molar-refractivity contribution is -0.385. The smallest absolute Gasteiger partial charge is 0.273 e. The van der Waals surface area contributed by atoms with E-state index in [-0.39, 0.29) is 40.2 Å². The lowest BCUT2D eigenvalue weighted by atomic mass is 10.1. The fraction of sp³-hybridized carbons (Fsp3) is 0.333. The van der Waals surface area contributed by atoms with E-state index in [9.17, 15) is 28.1 Å². The first-order valence-corrected chi connectivity index (χ1v) is 15.7. The van der Waals surface area contributed by atoms with Crippen molar-refractivity contribution in [2.24, 2.45) is 5.92 Å². The molecule has 1 atom stereocenters. The number of rotatable bonds is 13. The monoisotopic (exact) mass is 674 g/mol. The number of nitro benzene ring substituents is 1. The number of hydrogen-bond acceptors (Lipinski definition) is 7. The van der Waals surface area contributed by atoms with Gasteiger partial charge in [0, 0.05) is 29.2 Å². The van der Waals surface area contributed by atoms with Crippen LogP contribution in [0.1, 0.15) is 31.9 Å². The normalized spacial score (nSPS) is 12.0. The van der Waals surface area contributed by atoms with Gasteiger partial charge < -0.3 is 15.0 Å². The fourth-order valence-electron chi connectivity index (χ4n) is 4.17. The summed E-state index contributed by atoms with van der Waals surface area (Å²) in [6.07, 6.45) is 0. The number of carbonyl (C=O) groups excluding carboxylic acids is 2. The molecule has 11 nitrogen and oxygen atoms in total. The molecule has 0 heterocycles. The first kappa shape index (κ1) is 33.5.